The molecule has 152 valence electrons. The zero-order valence-corrected chi connectivity index (χ0v) is 17.5. The van der Waals surface area contributed by atoms with Crippen LogP contribution >= 0.6 is 11.6 Å². The number of aromatic nitrogens is 2. The number of hydrogen-bond acceptors (Lipinski definition) is 5. The van der Waals surface area contributed by atoms with Gasteiger partial charge in [-0.25, -0.2) is 4.79 Å². The first kappa shape index (κ1) is 21.8. The highest BCUT2D eigenvalue weighted by Crippen LogP contribution is 2.22. The molecule has 0 aliphatic heterocycles. The summed E-state index contributed by atoms with van der Waals surface area (Å²) < 4.78 is 12.0. The van der Waals surface area contributed by atoms with Crippen LogP contribution in [0.3, 0.4) is 0 Å². The summed E-state index contributed by atoms with van der Waals surface area (Å²) in [6.07, 6.45) is -0.963. The molecule has 0 aliphatic carbocycles. The summed E-state index contributed by atoms with van der Waals surface area (Å²) >= 11 is 6.29. The second-order valence-electron chi connectivity index (χ2n) is 6.94. The second-order valence-corrected chi connectivity index (χ2v) is 7.30. The van der Waals surface area contributed by atoms with E-state index in [1.807, 2.05) is 38.1 Å². The number of nitrogens with zero attached hydrogens (tertiary/aromatic N) is 2. The number of amides is 1. The van der Waals surface area contributed by atoms with Crippen LogP contribution in [0.2, 0.25) is 5.15 Å². The van der Waals surface area contributed by atoms with Gasteiger partial charge in [0.2, 0.25) is 0 Å². The molecule has 1 heterocycles. The minimum Gasteiger partial charge on any atom is -0.497 e. The third-order valence-corrected chi connectivity index (χ3v) is 4.47. The maximum Gasteiger partial charge on any atom is 0.343 e. The summed E-state index contributed by atoms with van der Waals surface area (Å²) in [5, 5.41) is 7.25. The summed E-state index contributed by atoms with van der Waals surface area (Å²) in [7, 11) is 1.59. The Bertz CT molecular complexity index is 831. The maximum atomic E-state index is 12.5. The molecule has 0 aliphatic rings. The third-order valence-electron chi connectivity index (χ3n) is 4.09. The lowest BCUT2D eigenvalue weighted by molar-refractivity contribution is -0.129. The van der Waals surface area contributed by atoms with Gasteiger partial charge in [-0.1, -0.05) is 37.6 Å². The number of nitrogens with one attached hydrogen (secondary N) is 1. The van der Waals surface area contributed by atoms with Gasteiger partial charge in [0.1, 0.15) is 16.5 Å². The summed E-state index contributed by atoms with van der Waals surface area (Å²) in [6, 6.07) is 7.32. The van der Waals surface area contributed by atoms with Crippen molar-refractivity contribution in [2.75, 3.05) is 7.11 Å². The lowest BCUT2D eigenvalue weighted by Crippen LogP contribution is -2.35. The highest BCUT2D eigenvalue weighted by atomic mass is 35.5. The van der Waals surface area contributed by atoms with Crippen LogP contribution in [0.4, 0.5) is 0 Å². The molecule has 1 N–H and O–H groups in total. The maximum absolute atomic E-state index is 12.5. The predicted octanol–water partition coefficient (Wildman–Crippen LogP) is 3.37. The van der Waals surface area contributed by atoms with Gasteiger partial charge in [0.05, 0.1) is 12.8 Å². The fourth-order valence-corrected chi connectivity index (χ4v) is 2.92. The number of aryl methyl sites for hydroxylation is 1. The van der Waals surface area contributed by atoms with Crippen molar-refractivity contribution in [3.05, 3.63) is 46.2 Å². The number of hydrogen-bond donors (Lipinski definition) is 1. The molecule has 1 atom stereocenters. The van der Waals surface area contributed by atoms with E-state index in [9.17, 15) is 9.59 Å². The third kappa shape index (κ3) is 5.48. The first-order valence-electron chi connectivity index (χ1n) is 9.07. The number of benzene rings is 1. The van der Waals surface area contributed by atoms with E-state index in [0.717, 1.165) is 11.3 Å². The first-order valence-corrected chi connectivity index (χ1v) is 9.45. The van der Waals surface area contributed by atoms with Gasteiger partial charge in [0, 0.05) is 13.1 Å². The van der Waals surface area contributed by atoms with E-state index in [1.165, 1.54) is 6.92 Å². The second kappa shape index (κ2) is 9.59. The molecule has 7 nitrogen and oxygen atoms in total. The minimum atomic E-state index is -0.963. The van der Waals surface area contributed by atoms with Crippen molar-refractivity contribution in [3.63, 3.8) is 0 Å². The van der Waals surface area contributed by atoms with E-state index in [2.05, 4.69) is 10.4 Å². The largest absolute Gasteiger partial charge is 0.497 e. The number of carbonyl (C=O) groups is 2. The predicted molar refractivity (Wildman–Crippen MR) is 107 cm³/mol. The standard InChI is InChI=1S/C20H26ClN3O4/c1-12(2)11-24-18(21)17(13(3)23-24)20(26)28-14(4)19(25)22-10-15-6-8-16(27-5)9-7-15/h6-9,12,14H,10-11H2,1-5H3,(H,22,25)/t14-/m0/s1. The van der Waals surface area contributed by atoms with Crippen molar-refractivity contribution >= 4 is 23.5 Å². The summed E-state index contributed by atoms with van der Waals surface area (Å²) in [4.78, 5) is 24.8. The first-order chi connectivity index (χ1) is 13.2. The zero-order chi connectivity index (χ0) is 20.8. The smallest absolute Gasteiger partial charge is 0.343 e. The molecule has 0 radical (unpaired) electrons. The van der Waals surface area contributed by atoms with E-state index in [-0.39, 0.29) is 10.7 Å². The minimum absolute atomic E-state index is 0.192. The van der Waals surface area contributed by atoms with Gasteiger partial charge in [0.25, 0.3) is 5.91 Å². The van der Waals surface area contributed by atoms with Crippen molar-refractivity contribution in [2.45, 2.75) is 46.9 Å². The van der Waals surface area contributed by atoms with Crippen molar-refractivity contribution in [1.82, 2.24) is 15.1 Å². The Morgan fingerprint density at radius 2 is 1.86 bits per heavy atom. The Labute approximate surface area is 170 Å². The van der Waals surface area contributed by atoms with Crippen LogP contribution in [0, 0.1) is 12.8 Å². The number of carbonyl (C=O) groups excluding carboxylic acids is 2. The number of ether oxygens (including phenoxy) is 2. The Morgan fingerprint density at radius 1 is 1.21 bits per heavy atom. The van der Waals surface area contributed by atoms with Crippen LogP contribution in [0.25, 0.3) is 0 Å². The van der Waals surface area contributed by atoms with Crippen LogP contribution in [-0.4, -0.2) is 34.9 Å². The van der Waals surface area contributed by atoms with Crippen molar-refractivity contribution < 1.29 is 19.1 Å². The Kier molecular flexibility index (Phi) is 7.45. The van der Waals surface area contributed by atoms with Gasteiger partial charge in [-0.05, 0) is 37.5 Å². The molecule has 28 heavy (non-hydrogen) atoms. The van der Waals surface area contributed by atoms with Gasteiger partial charge in [-0.3, -0.25) is 9.48 Å². The molecule has 0 saturated heterocycles. The molecule has 1 aromatic carbocycles. The molecular weight excluding hydrogens is 382 g/mol. The number of methoxy groups -OCH3 is 1. The molecule has 0 bridgehead atoms. The molecule has 1 amide bonds. The number of esters is 1. The van der Waals surface area contributed by atoms with Crippen LogP contribution < -0.4 is 10.1 Å². The van der Waals surface area contributed by atoms with E-state index < -0.39 is 18.0 Å². The van der Waals surface area contributed by atoms with Crippen molar-refractivity contribution in [1.29, 1.82) is 0 Å². The van der Waals surface area contributed by atoms with Gasteiger partial charge >= 0.3 is 5.97 Å². The molecule has 0 saturated carbocycles. The van der Waals surface area contributed by atoms with Crippen molar-refractivity contribution in [2.24, 2.45) is 5.92 Å². The SMILES string of the molecule is COc1ccc(CNC(=O)[C@H](C)OC(=O)c2c(C)nn(CC(C)C)c2Cl)cc1. The quantitative estimate of drug-likeness (QED) is 0.678. The van der Waals surface area contributed by atoms with Crippen LogP contribution in [-0.2, 0) is 22.6 Å². The summed E-state index contributed by atoms with van der Waals surface area (Å²) in [5.41, 5.74) is 1.57. The highest BCUT2D eigenvalue weighted by molar-refractivity contribution is 6.32. The molecular formula is C20H26ClN3O4. The average molecular weight is 408 g/mol. The van der Waals surface area contributed by atoms with Crippen LogP contribution in [0.15, 0.2) is 24.3 Å². The molecule has 0 unspecified atom stereocenters. The fourth-order valence-electron chi connectivity index (χ4n) is 2.60. The normalized spacial score (nSPS) is 12.0. The number of halogens is 1. The Morgan fingerprint density at radius 3 is 2.43 bits per heavy atom. The van der Waals surface area contributed by atoms with E-state index in [4.69, 9.17) is 21.1 Å². The monoisotopic (exact) mass is 407 g/mol. The molecule has 0 spiro atoms. The van der Waals surface area contributed by atoms with E-state index in [0.29, 0.717) is 24.7 Å². The van der Waals surface area contributed by atoms with Crippen LogP contribution in [0.5, 0.6) is 5.75 Å². The molecule has 2 aromatic rings. The Balaban J connectivity index is 1.95. The average Bonchev–Trinajstić information content (AvgIpc) is 2.92. The van der Waals surface area contributed by atoms with Gasteiger partial charge in [0.15, 0.2) is 6.10 Å². The van der Waals surface area contributed by atoms with Gasteiger partial charge < -0.3 is 14.8 Å². The van der Waals surface area contributed by atoms with Crippen LogP contribution in [0.1, 0.15) is 42.4 Å². The summed E-state index contributed by atoms with van der Waals surface area (Å²) in [5.74, 6) is 0.00285. The lowest BCUT2D eigenvalue weighted by atomic mass is 10.2. The molecule has 0 fully saturated rings. The van der Waals surface area contributed by atoms with Gasteiger partial charge in [-0.15, -0.1) is 0 Å². The number of rotatable bonds is 8. The molecule has 2 rings (SSSR count). The van der Waals surface area contributed by atoms with E-state index in [1.54, 1.807) is 18.7 Å². The molecule has 1 aromatic heterocycles. The summed E-state index contributed by atoms with van der Waals surface area (Å²) in [6.45, 7) is 8.17. The topological polar surface area (TPSA) is 82.4 Å². The molecule has 8 heteroatoms. The van der Waals surface area contributed by atoms with Crippen molar-refractivity contribution in [3.8, 4) is 5.75 Å². The Hall–Kier alpha value is -2.54. The highest BCUT2D eigenvalue weighted by Gasteiger charge is 2.25. The van der Waals surface area contributed by atoms with Gasteiger partial charge in [-0.2, -0.15) is 5.10 Å². The fraction of sp³-hybridized carbons (Fsp3) is 0.450. The van der Waals surface area contributed by atoms with E-state index >= 15 is 0 Å². The lowest BCUT2D eigenvalue weighted by Gasteiger charge is -2.14. The zero-order valence-electron chi connectivity index (χ0n) is 16.8.